The SMILES string of the molecule is C=CCN1C(=O)[C@@]2(C(C(=O)c3cc4ccccc4o3)=C(O)C(=O)N2CC[NH+](C)C)c2ccccc21. The molecule has 3 aromatic rings. The topological polar surface area (TPSA) is 95.5 Å². The fourth-order valence-electron chi connectivity index (χ4n) is 5.03. The number of carbonyl (C=O) groups excluding carboxylic acids is 3. The summed E-state index contributed by atoms with van der Waals surface area (Å²) >= 11 is 0. The smallest absolute Gasteiger partial charge is 0.290 e. The maximum Gasteiger partial charge on any atom is 0.290 e. The van der Waals surface area contributed by atoms with Gasteiger partial charge in [0.25, 0.3) is 11.8 Å². The zero-order chi connectivity index (χ0) is 24.9. The Bertz CT molecular complexity index is 1390. The van der Waals surface area contributed by atoms with E-state index in [2.05, 4.69) is 6.58 Å². The molecule has 0 unspecified atom stereocenters. The van der Waals surface area contributed by atoms with Crippen LogP contribution in [-0.2, 0) is 15.1 Å². The van der Waals surface area contributed by atoms with E-state index in [0.29, 0.717) is 28.8 Å². The molecule has 1 atom stereocenters. The molecule has 178 valence electrons. The summed E-state index contributed by atoms with van der Waals surface area (Å²) in [5.41, 5.74) is -0.547. The fourth-order valence-corrected chi connectivity index (χ4v) is 5.03. The molecule has 0 fully saturated rings. The van der Waals surface area contributed by atoms with Gasteiger partial charge >= 0.3 is 0 Å². The lowest BCUT2D eigenvalue weighted by Crippen LogP contribution is -3.06. The predicted molar refractivity (Wildman–Crippen MR) is 130 cm³/mol. The van der Waals surface area contributed by atoms with Gasteiger partial charge in [-0.25, -0.2) is 0 Å². The highest BCUT2D eigenvalue weighted by molar-refractivity contribution is 6.26. The number of para-hydroxylation sites is 2. The van der Waals surface area contributed by atoms with E-state index in [-0.39, 0.29) is 24.4 Å². The minimum absolute atomic E-state index is 0.0486. The first kappa shape index (κ1) is 22.6. The number of anilines is 1. The molecule has 1 spiro atoms. The minimum atomic E-state index is -1.80. The molecular weight excluding hydrogens is 446 g/mol. The van der Waals surface area contributed by atoms with Gasteiger partial charge in [0.1, 0.15) is 5.58 Å². The van der Waals surface area contributed by atoms with Crippen molar-refractivity contribution in [2.45, 2.75) is 5.54 Å². The van der Waals surface area contributed by atoms with E-state index in [1.807, 2.05) is 20.2 Å². The van der Waals surface area contributed by atoms with Crippen LogP contribution in [0, 0.1) is 0 Å². The van der Waals surface area contributed by atoms with Crippen LogP contribution < -0.4 is 9.80 Å². The zero-order valence-electron chi connectivity index (χ0n) is 19.6. The number of nitrogens with one attached hydrogen (secondary N) is 1. The number of ketones is 1. The zero-order valence-corrected chi connectivity index (χ0v) is 19.6. The summed E-state index contributed by atoms with van der Waals surface area (Å²) in [6, 6.07) is 15.7. The van der Waals surface area contributed by atoms with Crippen molar-refractivity contribution >= 4 is 34.3 Å². The lowest BCUT2D eigenvalue weighted by Gasteiger charge is -2.35. The van der Waals surface area contributed by atoms with E-state index >= 15 is 0 Å². The van der Waals surface area contributed by atoms with Gasteiger partial charge in [0.15, 0.2) is 17.1 Å². The highest BCUT2D eigenvalue weighted by Crippen LogP contribution is 2.53. The molecule has 0 bridgehead atoms. The summed E-state index contributed by atoms with van der Waals surface area (Å²) in [5.74, 6) is -2.71. The molecule has 2 amide bonds. The van der Waals surface area contributed by atoms with Crippen molar-refractivity contribution in [3.8, 4) is 0 Å². The number of fused-ring (bicyclic) bond motifs is 3. The van der Waals surface area contributed by atoms with E-state index < -0.39 is 28.9 Å². The predicted octanol–water partition coefficient (Wildman–Crippen LogP) is 1.84. The van der Waals surface area contributed by atoms with Crippen LogP contribution in [0.2, 0.25) is 0 Å². The first-order chi connectivity index (χ1) is 16.8. The summed E-state index contributed by atoms with van der Waals surface area (Å²) < 4.78 is 5.79. The van der Waals surface area contributed by atoms with Gasteiger partial charge in [0.05, 0.1) is 38.4 Å². The quantitative estimate of drug-likeness (QED) is 0.404. The van der Waals surface area contributed by atoms with Crippen molar-refractivity contribution in [3.05, 3.63) is 89.9 Å². The van der Waals surface area contributed by atoms with E-state index in [1.165, 1.54) is 9.80 Å². The highest BCUT2D eigenvalue weighted by Gasteiger charge is 2.66. The fraction of sp³-hybridized carbons (Fsp3) is 0.222. The van der Waals surface area contributed by atoms with Crippen LogP contribution >= 0.6 is 0 Å². The van der Waals surface area contributed by atoms with Gasteiger partial charge in [-0.3, -0.25) is 14.4 Å². The van der Waals surface area contributed by atoms with Crippen molar-refractivity contribution in [3.63, 3.8) is 0 Å². The Kier molecular flexibility index (Phi) is 5.33. The molecule has 8 nitrogen and oxygen atoms in total. The number of aliphatic hydroxyl groups is 1. The largest absolute Gasteiger partial charge is 0.503 e. The second-order valence-electron chi connectivity index (χ2n) is 9.05. The van der Waals surface area contributed by atoms with Crippen molar-refractivity contribution in [1.29, 1.82) is 0 Å². The van der Waals surface area contributed by atoms with Gasteiger partial charge in [-0.05, 0) is 18.2 Å². The number of quaternary nitrogens is 1. The number of carbonyl (C=O) groups is 3. The van der Waals surface area contributed by atoms with Crippen molar-refractivity contribution in [2.24, 2.45) is 0 Å². The van der Waals surface area contributed by atoms with Gasteiger partial charge in [0, 0.05) is 17.5 Å². The number of likely N-dealkylation sites (N-methyl/N-ethyl adjacent to an activating group) is 1. The molecule has 3 heterocycles. The number of aliphatic hydroxyl groups excluding tert-OH is 1. The normalized spacial score (nSPS) is 19.5. The number of amides is 2. The second kappa shape index (κ2) is 8.25. The van der Waals surface area contributed by atoms with Crippen LogP contribution in [0.15, 0.2) is 83.0 Å². The molecule has 35 heavy (non-hydrogen) atoms. The molecule has 0 saturated carbocycles. The summed E-state index contributed by atoms with van der Waals surface area (Å²) in [7, 11) is 3.85. The molecule has 0 saturated heterocycles. The molecule has 2 aromatic carbocycles. The first-order valence-electron chi connectivity index (χ1n) is 11.4. The number of hydrogen-bond donors (Lipinski definition) is 2. The molecule has 1 aromatic heterocycles. The maximum atomic E-state index is 14.2. The molecular formula is C27H26N3O5+. The van der Waals surface area contributed by atoms with Gasteiger partial charge in [-0.2, -0.15) is 0 Å². The van der Waals surface area contributed by atoms with Crippen LogP contribution in [-0.4, -0.2) is 61.3 Å². The third-order valence-electron chi connectivity index (χ3n) is 6.61. The van der Waals surface area contributed by atoms with E-state index in [1.54, 1.807) is 54.6 Å². The van der Waals surface area contributed by atoms with E-state index in [0.717, 1.165) is 4.90 Å². The number of benzene rings is 2. The average Bonchev–Trinajstić information content (AvgIpc) is 3.45. The van der Waals surface area contributed by atoms with E-state index in [9.17, 15) is 19.5 Å². The van der Waals surface area contributed by atoms with Crippen molar-refractivity contribution < 1.29 is 28.8 Å². The highest BCUT2D eigenvalue weighted by atomic mass is 16.3. The number of furan rings is 1. The third-order valence-corrected chi connectivity index (χ3v) is 6.61. The van der Waals surface area contributed by atoms with Crippen LogP contribution in [0.5, 0.6) is 0 Å². The molecule has 0 aliphatic carbocycles. The monoisotopic (exact) mass is 472 g/mol. The van der Waals surface area contributed by atoms with Gasteiger partial charge < -0.3 is 24.2 Å². The Morgan fingerprint density at radius 1 is 1.14 bits per heavy atom. The summed E-state index contributed by atoms with van der Waals surface area (Å²) in [6.07, 6.45) is 1.59. The Balaban J connectivity index is 1.75. The van der Waals surface area contributed by atoms with Crippen LogP contribution in [0.4, 0.5) is 5.69 Å². The molecule has 2 N–H and O–H groups in total. The molecule has 0 radical (unpaired) electrons. The molecule has 2 aliphatic heterocycles. The van der Waals surface area contributed by atoms with Gasteiger partial charge in [0.2, 0.25) is 5.78 Å². The lowest BCUT2D eigenvalue weighted by molar-refractivity contribution is -0.857. The Morgan fingerprint density at radius 3 is 2.57 bits per heavy atom. The summed E-state index contributed by atoms with van der Waals surface area (Å²) in [4.78, 5) is 45.5. The number of nitrogens with zero attached hydrogens (tertiary/aromatic N) is 2. The molecule has 2 aliphatic rings. The van der Waals surface area contributed by atoms with Gasteiger partial charge in [-0.15, -0.1) is 6.58 Å². The molecule has 8 heteroatoms. The summed E-state index contributed by atoms with van der Waals surface area (Å²) in [5, 5.41) is 11.8. The summed E-state index contributed by atoms with van der Waals surface area (Å²) in [6.45, 7) is 4.61. The minimum Gasteiger partial charge on any atom is -0.503 e. The second-order valence-corrected chi connectivity index (χ2v) is 9.05. The van der Waals surface area contributed by atoms with Crippen molar-refractivity contribution in [2.75, 3.05) is 38.6 Å². The van der Waals surface area contributed by atoms with Crippen LogP contribution in [0.25, 0.3) is 11.0 Å². The number of rotatable bonds is 7. The number of Topliss-reactive ketones (excluding diaryl/α,β-unsaturated/α-hetero) is 1. The average molecular weight is 473 g/mol. The molecule has 5 rings (SSSR count). The first-order valence-corrected chi connectivity index (χ1v) is 11.4. The van der Waals surface area contributed by atoms with Crippen LogP contribution in [0.3, 0.4) is 0 Å². The van der Waals surface area contributed by atoms with Crippen molar-refractivity contribution in [1.82, 2.24) is 4.90 Å². The Morgan fingerprint density at radius 2 is 1.86 bits per heavy atom. The Hall–Kier alpha value is -4.17. The Labute approximate surface area is 202 Å². The standard InChI is InChI=1S/C27H25N3O5/c1-4-13-29-19-11-7-6-10-18(19)27(26(29)34)22(24(32)25(33)30(27)15-14-28(2)3)23(31)21-16-17-9-5-8-12-20(17)35-21/h4-12,16,32H,1,13-15H2,2-3H3/p+1/t27-/m0/s1. The number of hydrogen-bond acceptors (Lipinski definition) is 5. The maximum absolute atomic E-state index is 14.2. The van der Waals surface area contributed by atoms with Crippen LogP contribution in [0.1, 0.15) is 16.1 Å². The third kappa shape index (κ3) is 3.14. The lowest BCUT2D eigenvalue weighted by atomic mass is 9.81. The van der Waals surface area contributed by atoms with Gasteiger partial charge in [-0.1, -0.05) is 42.5 Å². The van der Waals surface area contributed by atoms with E-state index in [4.69, 9.17) is 4.42 Å².